The number of para-hydroxylation sites is 1. The first kappa shape index (κ1) is 21.4. The fraction of sp³-hybridized carbons (Fsp3) is 0.286. The molecule has 1 fully saturated rings. The zero-order valence-electron chi connectivity index (χ0n) is 19.9. The van der Waals surface area contributed by atoms with Crippen LogP contribution in [0.4, 0.5) is 5.69 Å². The first-order valence-electron chi connectivity index (χ1n) is 11.6. The van der Waals surface area contributed by atoms with Crippen LogP contribution in [-0.2, 0) is 27.0 Å². The summed E-state index contributed by atoms with van der Waals surface area (Å²) >= 11 is 0. The maximum atomic E-state index is 12.2. The van der Waals surface area contributed by atoms with Crippen LogP contribution in [0, 0.1) is 0 Å². The Morgan fingerprint density at radius 2 is 1.74 bits per heavy atom. The van der Waals surface area contributed by atoms with Gasteiger partial charge in [0.1, 0.15) is 0 Å². The van der Waals surface area contributed by atoms with Gasteiger partial charge in [0.2, 0.25) is 0 Å². The van der Waals surface area contributed by atoms with Gasteiger partial charge in [-0.05, 0) is 53.6 Å². The average Bonchev–Trinajstić information content (AvgIpc) is 3.42. The molecule has 0 radical (unpaired) electrons. The molecule has 1 atom stereocenters. The zero-order chi connectivity index (χ0) is 23.9. The highest BCUT2D eigenvalue weighted by molar-refractivity contribution is 7.90. The summed E-state index contributed by atoms with van der Waals surface area (Å²) in [5.74, 6) is 0. The minimum Gasteiger partial charge on any atom is -0.349 e. The highest BCUT2D eigenvalue weighted by atomic mass is 32.2. The molecule has 5 nitrogen and oxygen atoms in total. The van der Waals surface area contributed by atoms with Gasteiger partial charge in [-0.1, -0.05) is 44.2 Å². The Balaban J connectivity index is 1.46. The van der Waals surface area contributed by atoms with Crippen molar-refractivity contribution in [3.05, 3.63) is 77.9 Å². The number of rotatable bonds is 3. The summed E-state index contributed by atoms with van der Waals surface area (Å²) in [5, 5.41) is 2.47. The van der Waals surface area contributed by atoms with Gasteiger partial charge in [-0.25, -0.2) is 8.42 Å². The molecule has 1 saturated heterocycles. The maximum Gasteiger partial charge on any atom is 0.175 e. The van der Waals surface area contributed by atoms with E-state index in [1.807, 2.05) is 12.1 Å². The monoisotopic (exact) mass is 472 g/mol. The summed E-state index contributed by atoms with van der Waals surface area (Å²) in [6.45, 7) is 5.67. The molecule has 174 valence electrons. The second kappa shape index (κ2) is 6.96. The Hall–Kier alpha value is -3.09. The second-order valence-electron chi connectivity index (χ2n) is 9.96. The molecular formula is C28H28N2O3S. The van der Waals surface area contributed by atoms with E-state index in [4.69, 9.17) is 4.74 Å². The molecule has 0 aliphatic carbocycles. The lowest BCUT2D eigenvalue weighted by atomic mass is 9.77. The third kappa shape index (κ3) is 2.79. The lowest BCUT2D eigenvalue weighted by molar-refractivity contribution is 0.000294. The van der Waals surface area contributed by atoms with Crippen molar-refractivity contribution in [3.63, 3.8) is 0 Å². The Morgan fingerprint density at radius 3 is 2.53 bits per heavy atom. The van der Waals surface area contributed by atoms with E-state index >= 15 is 0 Å². The number of benzene rings is 3. The van der Waals surface area contributed by atoms with Crippen molar-refractivity contribution < 1.29 is 13.2 Å². The lowest BCUT2D eigenvalue weighted by Gasteiger charge is -2.39. The van der Waals surface area contributed by atoms with Crippen LogP contribution in [0.25, 0.3) is 27.9 Å². The minimum absolute atomic E-state index is 0.348. The van der Waals surface area contributed by atoms with Crippen LogP contribution in [0.3, 0.4) is 0 Å². The van der Waals surface area contributed by atoms with Gasteiger partial charge >= 0.3 is 0 Å². The molecule has 1 unspecified atom stereocenters. The fourth-order valence-electron chi connectivity index (χ4n) is 5.87. The van der Waals surface area contributed by atoms with Gasteiger partial charge in [-0.2, -0.15) is 0 Å². The van der Waals surface area contributed by atoms with Crippen molar-refractivity contribution in [1.29, 1.82) is 0 Å². The van der Waals surface area contributed by atoms with Crippen molar-refractivity contribution in [2.24, 2.45) is 7.05 Å². The van der Waals surface area contributed by atoms with Crippen LogP contribution in [-0.4, -0.2) is 38.1 Å². The van der Waals surface area contributed by atoms with Gasteiger partial charge in [0.15, 0.2) is 15.6 Å². The summed E-state index contributed by atoms with van der Waals surface area (Å²) in [6, 6.07) is 20.5. The van der Waals surface area contributed by atoms with Crippen LogP contribution in [0.2, 0.25) is 0 Å². The van der Waals surface area contributed by atoms with Gasteiger partial charge in [-0.15, -0.1) is 0 Å². The SMILES string of the molecule is Cn1c2ccccc2c2cc(C=CC34OCCN3c3ccc(S(C)(=O)=O)cc3C4(C)C)ccc21. The number of nitrogens with zero attached hydrogens (tertiary/aromatic N) is 2. The molecule has 0 saturated carbocycles. The molecule has 0 amide bonds. The Kier molecular flexibility index (Phi) is 4.39. The Labute approximate surface area is 200 Å². The number of aromatic nitrogens is 1. The van der Waals surface area contributed by atoms with Crippen molar-refractivity contribution in [3.8, 4) is 0 Å². The van der Waals surface area contributed by atoms with Gasteiger partial charge in [0.05, 0.1) is 11.5 Å². The van der Waals surface area contributed by atoms with Crippen molar-refractivity contribution >= 4 is 43.4 Å². The predicted octanol–water partition coefficient (Wildman–Crippen LogP) is 5.27. The van der Waals surface area contributed by atoms with Crippen LogP contribution >= 0.6 is 0 Å². The van der Waals surface area contributed by atoms with E-state index in [-0.39, 0.29) is 0 Å². The third-order valence-corrected chi connectivity index (χ3v) is 8.84. The van der Waals surface area contributed by atoms with E-state index < -0.39 is 21.0 Å². The summed E-state index contributed by atoms with van der Waals surface area (Å²) in [7, 11) is -1.19. The highest BCUT2D eigenvalue weighted by Gasteiger charge is 2.59. The number of hydrogen-bond donors (Lipinski definition) is 0. The summed E-state index contributed by atoms with van der Waals surface area (Å²) < 4.78 is 33.1. The normalized spacial score (nSPS) is 21.6. The van der Waals surface area contributed by atoms with Gasteiger partial charge in [-0.3, -0.25) is 0 Å². The first-order valence-corrected chi connectivity index (χ1v) is 13.5. The first-order chi connectivity index (χ1) is 16.1. The molecule has 3 aromatic carbocycles. The van der Waals surface area contributed by atoms with Crippen LogP contribution in [0.15, 0.2) is 71.6 Å². The Bertz CT molecular complexity index is 1610. The molecule has 2 aliphatic heterocycles. The minimum atomic E-state index is -3.29. The number of anilines is 1. The number of ether oxygens (including phenoxy) is 1. The highest BCUT2D eigenvalue weighted by Crippen LogP contribution is 2.55. The van der Waals surface area contributed by atoms with E-state index in [1.165, 1.54) is 28.1 Å². The molecule has 0 spiro atoms. The summed E-state index contributed by atoms with van der Waals surface area (Å²) in [6.07, 6.45) is 5.56. The quantitative estimate of drug-likeness (QED) is 0.408. The lowest BCUT2D eigenvalue weighted by Crippen LogP contribution is -2.51. The zero-order valence-corrected chi connectivity index (χ0v) is 20.7. The number of fused-ring (bicyclic) bond motifs is 6. The average molecular weight is 473 g/mol. The van der Waals surface area contributed by atoms with E-state index in [9.17, 15) is 8.42 Å². The van der Waals surface area contributed by atoms with Crippen molar-refractivity contribution in [2.45, 2.75) is 29.9 Å². The summed E-state index contributed by atoms with van der Waals surface area (Å²) in [5.41, 5.74) is 4.48. The van der Waals surface area contributed by atoms with Crippen molar-refractivity contribution in [1.82, 2.24) is 4.57 Å². The van der Waals surface area contributed by atoms with Crippen LogP contribution < -0.4 is 4.90 Å². The number of aryl methyl sites for hydroxylation is 1. The van der Waals surface area contributed by atoms with Gasteiger partial charge < -0.3 is 14.2 Å². The number of hydrogen-bond acceptors (Lipinski definition) is 4. The second-order valence-corrected chi connectivity index (χ2v) is 12.0. The fourth-order valence-corrected chi connectivity index (χ4v) is 6.52. The molecule has 0 N–H and O–H groups in total. The summed E-state index contributed by atoms with van der Waals surface area (Å²) in [4.78, 5) is 2.63. The van der Waals surface area contributed by atoms with E-state index in [2.05, 4.69) is 85.0 Å². The van der Waals surface area contributed by atoms with Crippen LogP contribution in [0.5, 0.6) is 0 Å². The van der Waals surface area contributed by atoms with E-state index in [0.717, 1.165) is 23.4 Å². The smallest absolute Gasteiger partial charge is 0.175 e. The molecule has 4 aromatic rings. The molecule has 6 rings (SSSR count). The largest absolute Gasteiger partial charge is 0.349 e. The molecule has 1 aromatic heterocycles. The number of sulfone groups is 1. The van der Waals surface area contributed by atoms with E-state index in [1.54, 1.807) is 6.07 Å². The molecule has 34 heavy (non-hydrogen) atoms. The third-order valence-electron chi connectivity index (χ3n) is 7.73. The maximum absolute atomic E-state index is 12.2. The topological polar surface area (TPSA) is 51.5 Å². The van der Waals surface area contributed by atoms with Crippen molar-refractivity contribution in [2.75, 3.05) is 24.3 Å². The molecular weight excluding hydrogens is 444 g/mol. The molecule has 2 aliphatic rings. The van der Waals surface area contributed by atoms with Crippen LogP contribution in [0.1, 0.15) is 25.0 Å². The van der Waals surface area contributed by atoms with E-state index in [0.29, 0.717) is 11.5 Å². The van der Waals surface area contributed by atoms with Gasteiger partial charge in [0, 0.05) is 52.8 Å². The molecule has 6 heteroatoms. The standard InChI is InChI=1S/C28H28N2O3S/c1-27(2)23-18-20(34(4,31)32)10-12-26(23)30-15-16-33-28(27,30)14-13-19-9-11-25-22(17-19)21-7-5-6-8-24(21)29(25)3/h5-14,17-18H,15-16H2,1-4H3. The Morgan fingerprint density at radius 1 is 0.971 bits per heavy atom. The predicted molar refractivity (Wildman–Crippen MR) is 138 cm³/mol. The molecule has 0 bridgehead atoms. The molecule has 3 heterocycles. The van der Waals surface area contributed by atoms with Gasteiger partial charge in [0.25, 0.3) is 0 Å².